The van der Waals surface area contributed by atoms with E-state index in [1.807, 2.05) is 18.2 Å². The summed E-state index contributed by atoms with van der Waals surface area (Å²) in [5.74, 6) is -0.193. The van der Waals surface area contributed by atoms with E-state index in [2.05, 4.69) is 21.2 Å². The smallest absolute Gasteiger partial charge is 0.307 e. The predicted molar refractivity (Wildman–Crippen MR) is 94.3 cm³/mol. The lowest BCUT2D eigenvalue weighted by Gasteiger charge is -2.18. The van der Waals surface area contributed by atoms with Crippen LogP contribution in [-0.4, -0.2) is 26.2 Å². The van der Waals surface area contributed by atoms with E-state index >= 15 is 0 Å². The molecule has 0 fully saturated rings. The van der Waals surface area contributed by atoms with Gasteiger partial charge in [0.05, 0.1) is 36.5 Å². The molecule has 0 atom stereocenters. The highest BCUT2D eigenvalue weighted by atomic mass is 16.5. The first-order valence-corrected chi connectivity index (χ1v) is 8.06. The van der Waals surface area contributed by atoms with Crippen LogP contribution in [0.1, 0.15) is 17.5 Å². The van der Waals surface area contributed by atoms with E-state index in [4.69, 9.17) is 10.00 Å². The molecule has 3 rings (SSSR count). The summed E-state index contributed by atoms with van der Waals surface area (Å²) in [6.45, 7) is 1.55. The van der Waals surface area contributed by atoms with Crippen LogP contribution in [0.15, 0.2) is 52.7 Å². The van der Waals surface area contributed by atoms with Gasteiger partial charge in [0.15, 0.2) is 0 Å². The first-order valence-electron chi connectivity index (χ1n) is 8.06. The number of esters is 1. The number of carbonyl (C=O) groups is 1. The zero-order valence-corrected chi connectivity index (χ0v) is 14.0. The third kappa shape index (κ3) is 4.01. The van der Waals surface area contributed by atoms with E-state index < -0.39 is 0 Å². The molecule has 0 spiro atoms. The quantitative estimate of drug-likeness (QED) is 0.613. The first kappa shape index (κ1) is 16.7. The van der Waals surface area contributed by atoms with Crippen molar-refractivity contribution in [2.24, 2.45) is 10.2 Å². The topological polar surface area (TPSA) is 78.0 Å². The molecule has 1 heterocycles. The minimum absolute atomic E-state index is 0.193. The summed E-state index contributed by atoms with van der Waals surface area (Å²) in [6.07, 6.45) is 1.31. The highest BCUT2D eigenvalue weighted by Gasteiger charge is 2.19. The van der Waals surface area contributed by atoms with E-state index in [9.17, 15) is 4.79 Å². The molecule has 1 aliphatic heterocycles. The van der Waals surface area contributed by atoms with Gasteiger partial charge < -0.3 is 9.64 Å². The van der Waals surface area contributed by atoms with Crippen LogP contribution in [0.2, 0.25) is 0 Å². The number of carbonyl (C=O) groups excluding carboxylic acids is 1. The maximum Gasteiger partial charge on any atom is 0.307 e. The van der Waals surface area contributed by atoms with Gasteiger partial charge in [0, 0.05) is 18.8 Å². The Morgan fingerprint density at radius 2 is 1.92 bits per heavy atom. The van der Waals surface area contributed by atoms with Crippen LogP contribution in [0.3, 0.4) is 0 Å². The van der Waals surface area contributed by atoms with Gasteiger partial charge >= 0.3 is 5.97 Å². The standard InChI is InChI=1S/C19H18N4O2/c1-25-19(24)9-11-23-10-8-15-12-17(6-7-18(15)23)22-21-16-4-2-14(13-20)3-5-16/h2-7,12H,8-11H2,1H3. The highest BCUT2D eigenvalue weighted by Crippen LogP contribution is 2.32. The van der Waals surface area contributed by atoms with Crippen molar-refractivity contribution in [3.8, 4) is 6.07 Å². The number of rotatable bonds is 5. The summed E-state index contributed by atoms with van der Waals surface area (Å²) in [4.78, 5) is 13.5. The maximum absolute atomic E-state index is 11.3. The van der Waals surface area contributed by atoms with E-state index in [0.29, 0.717) is 24.2 Å². The number of methoxy groups -OCH3 is 1. The van der Waals surface area contributed by atoms with Crippen molar-refractivity contribution in [2.75, 3.05) is 25.1 Å². The van der Waals surface area contributed by atoms with Crippen LogP contribution in [0.4, 0.5) is 17.1 Å². The molecule has 25 heavy (non-hydrogen) atoms. The summed E-state index contributed by atoms with van der Waals surface area (Å²) in [6, 6.07) is 15.0. The summed E-state index contributed by atoms with van der Waals surface area (Å²) in [7, 11) is 1.41. The van der Waals surface area contributed by atoms with Gasteiger partial charge in [-0.1, -0.05) is 0 Å². The molecule has 0 unspecified atom stereocenters. The highest BCUT2D eigenvalue weighted by molar-refractivity contribution is 5.71. The normalized spacial score (nSPS) is 12.9. The fourth-order valence-electron chi connectivity index (χ4n) is 2.80. The molecule has 0 saturated carbocycles. The molecule has 0 aliphatic carbocycles. The number of hydrogen-bond donors (Lipinski definition) is 0. The second-order valence-corrected chi connectivity index (χ2v) is 5.73. The molecule has 0 N–H and O–H groups in total. The summed E-state index contributed by atoms with van der Waals surface area (Å²) < 4.78 is 4.69. The Labute approximate surface area is 146 Å². The van der Waals surface area contributed by atoms with Gasteiger partial charge in [-0.05, 0) is 54.4 Å². The average molecular weight is 334 g/mol. The van der Waals surface area contributed by atoms with Crippen molar-refractivity contribution in [1.82, 2.24) is 0 Å². The molecule has 6 heteroatoms. The summed E-state index contributed by atoms with van der Waals surface area (Å²) in [5.41, 5.74) is 4.45. The number of azo groups is 1. The van der Waals surface area contributed by atoms with E-state index in [1.54, 1.807) is 24.3 Å². The van der Waals surface area contributed by atoms with Crippen molar-refractivity contribution >= 4 is 23.0 Å². The van der Waals surface area contributed by atoms with E-state index in [-0.39, 0.29) is 5.97 Å². The Morgan fingerprint density at radius 3 is 2.64 bits per heavy atom. The predicted octanol–water partition coefficient (Wildman–Crippen LogP) is 3.90. The first-order chi connectivity index (χ1) is 12.2. The van der Waals surface area contributed by atoms with Crippen LogP contribution in [0.5, 0.6) is 0 Å². The SMILES string of the molecule is COC(=O)CCN1CCc2cc(N=Nc3ccc(C#N)cc3)ccc21. The lowest BCUT2D eigenvalue weighted by Crippen LogP contribution is -2.24. The molecule has 0 aromatic heterocycles. The minimum Gasteiger partial charge on any atom is -0.469 e. The zero-order chi connectivity index (χ0) is 17.6. The average Bonchev–Trinajstić information content (AvgIpc) is 3.07. The number of benzene rings is 2. The Hall–Kier alpha value is -3.20. The van der Waals surface area contributed by atoms with Gasteiger partial charge in [-0.25, -0.2) is 0 Å². The largest absolute Gasteiger partial charge is 0.469 e. The summed E-state index contributed by atoms with van der Waals surface area (Å²) in [5, 5.41) is 17.3. The molecule has 0 radical (unpaired) electrons. The van der Waals surface area contributed by atoms with Crippen molar-refractivity contribution in [3.05, 3.63) is 53.6 Å². The maximum atomic E-state index is 11.3. The van der Waals surface area contributed by atoms with Crippen LogP contribution in [0.25, 0.3) is 0 Å². The molecule has 2 aromatic carbocycles. The van der Waals surface area contributed by atoms with Crippen molar-refractivity contribution < 1.29 is 9.53 Å². The number of nitriles is 1. The number of ether oxygens (including phenoxy) is 1. The number of nitrogens with zero attached hydrogens (tertiary/aromatic N) is 4. The minimum atomic E-state index is -0.193. The lowest BCUT2D eigenvalue weighted by atomic mass is 10.1. The second kappa shape index (κ2) is 7.58. The molecule has 6 nitrogen and oxygen atoms in total. The zero-order valence-electron chi connectivity index (χ0n) is 14.0. The molecule has 0 bridgehead atoms. The molecule has 0 amide bonds. The molecule has 2 aromatic rings. The Balaban J connectivity index is 1.68. The van der Waals surface area contributed by atoms with E-state index in [1.165, 1.54) is 12.7 Å². The van der Waals surface area contributed by atoms with Crippen molar-refractivity contribution in [1.29, 1.82) is 5.26 Å². The number of fused-ring (bicyclic) bond motifs is 1. The Bertz CT molecular complexity index is 837. The molecular formula is C19H18N4O2. The molecule has 0 saturated heterocycles. The van der Waals surface area contributed by atoms with Gasteiger partial charge in [0.2, 0.25) is 0 Å². The molecule has 126 valence electrons. The Kier molecular flexibility index (Phi) is 5.05. The fourth-order valence-corrected chi connectivity index (χ4v) is 2.80. The fraction of sp³-hybridized carbons (Fsp3) is 0.263. The second-order valence-electron chi connectivity index (χ2n) is 5.73. The third-order valence-corrected chi connectivity index (χ3v) is 4.15. The number of anilines is 1. The lowest BCUT2D eigenvalue weighted by molar-refractivity contribution is -0.140. The van der Waals surface area contributed by atoms with Crippen molar-refractivity contribution in [3.63, 3.8) is 0 Å². The van der Waals surface area contributed by atoms with Crippen LogP contribution >= 0.6 is 0 Å². The Morgan fingerprint density at radius 1 is 1.20 bits per heavy atom. The van der Waals surface area contributed by atoms with Crippen LogP contribution in [-0.2, 0) is 16.0 Å². The van der Waals surface area contributed by atoms with Gasteiger partial charge in [-0.3, -0.25) is 4.79 Å². The van der Waals surface area contributed by atoms with Gasteiger partial charge in [0.25, 0.3) is 0 Å². The van der Waals surface area contributed by atoms with Gasteiger partial charge in [-0.2, -0.15) is 15.5 Å². The van der Waals surface area contributed by atoms with E-state index in [0.717, 1.165) is 24.3 Å². The number of hydrogen-bond acceptors (Lipinski definition) is 6. The van der Waals surface area contributed by atoms with Gasteiger partial charge in [0.1, 0.15) is 0 Å². The molecular weight excluding hydrogens is 316 g/mol. The van der Waals surface area contributed by atoms with Crippen molar-refractivity contribution in [2.45, 2.75) is 12.8 Å². The monoisotopic (exact) mass is 334 g/mol. The third-order valence-electron chi connectivity index (χ3n) is 4.15. The summed E-state index contributed by atoms with van der Waals surface area (Å²) >= 11 is 0. The van der Waals surface area contributed by atoms with Crippen LogP contribution in [0, 0.1) is 11.3 Å². The van der Waals surface area contributed by atoms with Gasteiger partial charge in [-0.15, -0.1) is 0 Å². The molecule has 1 aliphatic rings. The van der Waals surface area contributed by atoms with Crippen LogP contribution < -0.4 is 4.90 Å².